The Balaban J connectivity index is 1.74. The number of aromatic amines is 1. The number of H-pyrrole nitrogens is 1. The first-order valence-corrected chi connectivity index (χ1v) is 10.0. The van der Waals surface area contributed by atoms with Gasteiger partial charge in [0.25, 0.3) is 0 Å². The van der Waals surface area contributed by atoms with Crippen molar-refractivity contribution >= 4 is 32.6 Å². The van der Waals surface area contributed by atoms with Crippen LogP contribution >= 0.6 is 0 Å². The Morgan fingerprint density at radius 3 is 1.86 bits per heavy atom. The van der Waals surface area contributed by atoms with Crippen LogP contribution in [0.25, 0.3) is 66.0 Å². The molecule has 1 aliphatic rings. The molecule has 0 unspecified atom stereocenters. The summed E-state index contributed by atoms with van der Waals surface area (Å²) in [6, 6.07) is 35.4. The summed E-state index contributed by atoms with van der Waals surface area (Å²) in [5.41, 5.74) is 10.2. The van der Waals surface area contributed by atoms with Gasteiger partial charge in [-0.05, 0) is 62.4 Å². The molecule has 0 radical (unpaired) electrons. The minimum Gasteiger partial charge on any atom is -0.354 e. The molecule has 0 saturated heterocycles. The number of hydrogen-bond donors (Lipinski definition) is 1. The number of para-hydroxylation sites is 1. The molecule has 0 atom stereocenters. The Kier molecular flexibility index (Phi) is 2.80. The first-order chi connectivity index (χ1) is 14.4. The molecule has 1 heteroatoms. The van der Waals surface area contributed by atoms with Crippen molar-refractivity contribution in [2.24, 2.45) is 0 Å². The SMILES string of the molecule is c1ccc2c(c1)-c1cc3c(cc1-c1cccc4cccc-2c14)[nH]c1ccccc13. The average molecular weight is 367 g/mol. The molecule has 0 aliphatic heterocycles. The summed E-state index contributed by atoms with van der Waals surface area (Å²) in [5, 5.41) is 5.20. The van der Waals surface area contributed by atoms with Gasteiger partial charge >= 0.3 is 0 Å². The van der Waals surface area contributed by atoms with Crippen LogP contribution < -0.4 is 0 Å². The van der Waals surface area contributed by atoms with Gasteiger partial charge in [-0.1, -0.05) is 78.9 Å². The zero-order valence-corrected chi connectivity index (χ0v) is 15.7. The van der Waals surface area contributed by atoms with Gasteiger partial charge in [0.2, 0.25) is 0 Å². The molecule has 0 saturated carbocycles. The third kappa shape index (κ3) is 1.94. The molecule has 5 aromatic carbocycles. The predicted octanol–water partition coefficient (Wildman–Crippen LogP) is 7.79. The van der Waals surface area contributed by atoms with E-state index in [-0.39, 0.29) is 0 Å². The van der Waals surface area contributed by atoms with E-state index in [9.17, 15) is 0 Å². The molecule has 1 heterocycles. The highest BCUT2D eigenvalue weighted by molar-refractivity contribution is 6.17. The zero-order valence-electron chi connectivity index (χ0n) is 15.7. The predicted molar refractivity (Wildman–Crippen MR) is 123 cm³/mol. The van der Waals surface area contributed by atoms with E-state index >= 15 is 0 Å². The van der Waals surface area contributed by atoms with E-state index in [0.29, 0.717) is 0 Å². The number of aromatic nitrogens is 1. The number of hydrogen-bond acceptors (Lipinski definition) is 0. The number of benzene rings is 5. The van der Waals surface area contributed by atoms with Gasteiger partial charge in [0, 0.05) is 21.8 Å². The smallest absolute Gasteiger partial charge is 0.0471 e. The Labute approximate surface area is 168 Å². The monoisotopic (exact) mass is 367 g/mol. The number of nitrogens with one attached hydrogen (secondary N) is 1. The first kappa shape index (κ1) is 15.1. The van der Waals surface area contributed by atoms with Gasteiger partial charge in [-0.3, -0.25) is 0 Å². The van der Waals surface area contributed by atoms with Crippen LogP contribution in [0, 0.1) is 0 Å². The summed E-state index contributed by atoms with van der Waals surface area (Å²) in [7, 11) is 0. The van der Waals surface area contributed by atoms with Crippen molar-refractivity contribution in [3.63, 3.8) is 0 Å². The molecule has 0 spiro atoms. The van der Waals surface area contributed by atoms with Crippen LogP contribution in [0.3, 0.4) is 0 Å². The van der Waals surface area contributed by atoms with E-state index in [1.54, 1.807) is 0 Å². The summed E-state index contributed by atoms with van der Waals surface area (Å²) in [4.78, 5) is 3.63. The molecule has 134 valence electrons. The van der Waals surface area contributed by atoms with Crippen molar-refractivity contribution in [1.29, 1.82) is 0 Å². The van der Waals surface area contributed by atoms with Crippen LogP contribution in [0.1, 0.15) is 0 Å². The average Bonchev–Trinajstić information content (AvgIpc) is 3.09. The molecule has 29 heavy (non-hydrogen) atoms. The van der Waals surface area contributed by atoms with Crippen LogP contribution in [0.5, 0.6) is 0 Å². The Hall–Kier alpha value is -3.84. The van der Waals surface area contributed by atoms with Gasteiger partial charge in [-0.15, -0.1) is 0 Å². The second kappa shape index (κ2) is 5.36. The fraction of sp³-hybridized carbons (Fsp3) is 0. The van der Waals surface area contributed by atoms with Gasteiger partial charge in [-0.2, -0.15) is 0 Å². The van der Waals surface area contributed by atoms with Crippen LogP contribution in [-0.4, -0.2) is 4.98 Å². The fourth-order valence-corrected chi connectivity index (χ4v) is 5.09. The molecule has 1 nitrogen and oxygen atoms in total. The summed E-state index contributed by atoms with van der Waals surface area (Å²) in [6.07, 6.45) is 0. The lowest BCUT2D eigenvalue weighted by atomic mass is 9.92. The minimum absolute atomic E-state index is 1.19. The summed E-state index contributed by atoms with van der Waals surface area (Å²) >= 11 is 0. The second-order valence-electron chi connectivity index (χ2n) is 7.87. The lowest BCUT2D eigenvalue weighted by Crippen LogP contribution is -1.85. The van der Waals surface area contributed by atoms with E-state index in [4.69, 9.17) is 0 Å². The standard InChI is InChI=1S/C28H17N/c1-2-10-19-18(9-1)21-12-5-7-17-8-6-13-22(28(17)21)24-16-27-25(15-23(19)24)20-11-3-4-14-26(20)29-27/h1-16,29H. The van der Waals surface area contributed by atoms with Gasteiger partial charge in [0.05, 0.1) is 0 Å². The molecule has 1 aliphatic carbocycles. The zero-order chi connectivity index (χ0) is 18.9. The van der Waals surface area contributed by atoms with E-state index in [2.05, 4.69) is 102 Å². The molecular weight excluding hydrogens is 350 g/mol. The van der Waals surface area contributed by atoms with Crippen molar-refractivity contribution in [1.82, 2.24) is 4.98 Å². The highest BCUT2D eigenvalue weighted by Gasteiger charge is 2.22. The Morgan fingerprint density at radius 1 is 0.414 bits per heavy atom. The van der Waals surface area contributed by atoms with E-state index in [1.165, 1.54) is 66.0 Å². The van der Waals surface area contributed by atoms with Gasteiger partial charge in [0.1, 0.15) is 0 Å². The summed E-state index contributed by atoms with van der Waals surface area (Å²) in [6.45, 7) is 0. The topological polar surface area (TPSA) is 15.8 Å². The van der Waals surface area contributed by atoms with Crippen molar-refractivity contribution in [2.75, 3.05) is 0 Å². The lowest BCUT2D eigenvalue weighted by molar-refractivity contribution is 1.54. The molecule has 0 bridgehead atoms. The van der Waals surface area contributed by atoms with Gasteiger partial charge in [-0.25, -0.2) is 0 Å². The van der Waals surface area contributed by atoms with Crippen molar-refractivity contribution in [3.05, 3.63) is 97.1 Å². The Bertz CT molecular complexity index is 1590. The molecule has 7 rings (SSSR count). The Morgan fingerprint density at radius 2 is 1.03 bits per heavy atom. The third-order valence-corrected chi connectivity index (χ3v) is 6.35. The summed E-state index contributed by atoms with van der Waals surface area (Å²) in [5.74, 6) is 0. The van der Waals surface area contributed by atoms with Gasteiger partial charge in [0.15, 0.2) is 0 Å². The first-order valence-electron chi connectivity index (χ1n) is 10.0. The second-order valence-corrected chi connectivity index (χ2v) is 7.87. The fourth-order valence-electron chi connectivity index (χ4n) is 5.09. The summed E-state index contributed by atoms with van der Waals surface area (Å²) < 4.78 is 0. The molecule has 0 amide bonds. The number of rotatable bonds is 0. The maximum Gasteiger partial charge on any atom is 0.0471 e. The quantitative estimate of drug-likeness (QED) is 0.281. The molecule has 1 aromatic heterocycles. The number of fused-ring (bicyclic) bond motifs is 8. The van der Waals surface area contributed by atoms with Gasteiger partial charge < -0.3 is 4.98 Å². The third-order valence-electron chi connectivity index (χ3n) is 6.35. The largest absolute Gasteiger partial charge is 0.354 e. The molecular formula is C28H17N. The van der Waals surface area contributed by atoms with Crippen LogP contribution in [0.2, 0.25) is 0 Å². The van der Waals surface area contributed by atoms with Crippen molar-refractivity contribution in [2.45, 2.75) is 0 Å². The van der Waals surface area contributed by atoms with Crippen LogP contribution in [0.15, 0.2) is 97.1 Å². The minimum atomic E-state index is 1.19. The van der Waals surface area contributed by atoms with Crippen LogP contribution in [-0.2, 0) is 0 Å². The molecule has 0 fully saturated rings. The van der Waals surface area contributed by atoms with Crippen LogP contribution in [0.4, 0.5) is 0 Å². The maximum absolute atomic E-state index is 3.63. The molecule has 6 aromatic rings. The van der Waals surface area contributed by atoms with E-state index < -0.39 is 0 Å². The van der Waals surface area contributed by atoms with E-state index in [0.717, 1.165) is 0 Å². The van der Waals surface area contributed by atoms with Crippen molar-refractivity contribution < 1.29 is 0 Å². The van der Waals surface area contributed by atoms with E-state index in [1.807, 2.05) is 0 Å². The highest BCUT2D eigenvalue weighted by Crippen LogP contribution is 2.48. The van der Waals surface area contributed by atoms with Crippen molar-refractivity contribution in [3.8, 4) is 33.4 Å². The normalized spacial score (nSPS) is 12.1. The highest BCUT2D eigenvalue weighted by atomic mass is 14.7. The maximum atomic E-state index is 3.63. The molecule has 1 N–H and O–H groups in total. The lowest BCUT2D eigenvalue weighted by Gasteiger charge is -2.11.